The first-order valence-electron chi connectivity index (χ1n) is 6.44. The average Bonchev–Trinajstić information content (AvgIpc) is 2.97. The minimum Gasteiger partial charge on any atom is -0.408 e. The summed E-state index contributed by atoms with van der Waals surface area (Å²) in [6.07, 6.45) is 2.44. The van der Waals surface area contributed by atoms with Gasteiger partial charge in [-0.25, -0.2) is 14.5 Å². The fourth-order valence-electron chi connectivity index (χ4n) is 2.18. The number of anilines is 1. The topological polar surface area (TPSA) is 91.9 Å². The van der Waals surface area contributed by atoms with E-state index >= 15 is 0 Å². The summed E-state index contributed by atoms with van der Waals surface area (Å²) in [5.74, 6) is 0.302. The first-order chi connectivity index (χ1) is 9.69. The first kappa shape index (κ1) is 12.5. The fourth-order valence-corrected chi connectivity index (χ4v) is 2.18. The number of hydrogen-bond acceptors (Lipinski definition) is 5. The van der Waals surface area contributed by atoms with Crippen LogP contribution in [0.15, 0.2) is 33.7 Å². The van der Waals surface area contributed by atoms with Crippen molar-refractivity contribution in [1.29, 1.82) is 0 Å². The van der Waals surface area contributed by atoms with Crippen LogP contribution in [-0.2, 0) is 13.1 Å². The summed E-state index contributed by atoms with van der Waals surface area (Å²) in [5, 5.41) is 4.15. The third-order valence-corrected chi connectivity index (χ3v) is 3.12. The third kappa shape index (κ3) is 2.07. The highest BCUT2D eigenvalue weighted by atomic mass is 16.4. The molecule has 0 aliphatic heterocycles. The highest BCUT2D eigenvalue weighted by Gasteiger charge is 2.13. The van der Waals surface area contributed by atoms with Crippen LogP contribution in [0.3, 0.4) is 0 Å². The maximum Gasteiger partial charge on any atom is 0.420 e. The van der Waals surface area contributed by atoms with Gasteiger partial charge in [-0.2, -0.15) is 5.10 Å². The van der Waals surface area contributed by atoms with Crippen molar-refractivity contribution in [2.75, 3.05) is 5.73 Å². The Labute approximate surface area is 114 Å². The van der Waals surface area contributed by atoms with Crippen molar-refractivity contribution in [3.63, 3.8) is 0 Å². The van der Waals surface area contributed by atoms with Crippen molar-refractivity contribution in [1.82, 2.24) is 19.3 Å². The normalized spacial score (nSPS) is 11.2. The number of fused-ring (bicyclic) bond motifs is 1. The predicted octanol–water partition coefficient (Wildman–Crippen LogP) is 1.23. The maximum absolute atomic E-state index is 11.9. The van der Waals surface area contributed by atoms with Gasteiger partial charge in [0.2, 0.25) is 0 Å². The molecule has 3 rings (SSSR count). The van der Waals surface area contributed by atoms with Crippen molar-refractivity contribution in [2.24, 2.45) is 0 Å². The Hall–Kier alpha value is -2.57. The van der Waals surface area contributed by atoms with E-state index in [9.17, 15) is 4.79 Å². The van der Waals surface area contributed by atoms with E-state index in [1.807, 2.05) is 0 Å². The zero-order chi connectivity index (χ0) is 14.1. The summed E-state index contributed by atoms with van der Waals surface area (Å²) in [5.41, 5.74) is 7.53. The van der Waals surface area contributed by atoms with Crippen molar-refractivity contribution >= 4 is 16.8 Å². The lowest BCUT2D eigenvalue weighted by molar-refractivity contribution is 0.499. The standard InChI is InChI=1S/C13H15N5O2/c1-2-5-18-12(15-8-16-18)7-17-10-6-9(14)3-4-11(10)20-13(17)19/h3-4,6,8H,2,5,7,14H2,1H3. The van der Waals surface area contributed by atoms with E-state index in [1.165, 1.54) is 10.9 Å². The maximum atomic E-state index is 11.9. The Kier molecular flexibility index (Phi) is 3.02. The minimum absolute atomic E-state index is 0.315. The molecular weight excluding hydrogens is 258 g/mol. The quantitative estimate of drug-likeness (QED) is 0.722. The fraction of sp³-hybridized carbons (Fsp3) is 0.308. The SMILES string of the molecule is CCCn1ncnc1Cn1c(=O)oc2ccc(N)cc21. The molecule has 0 spiro atoms. The highest BCUT2D eigenvalue weighted by molar-refractivity contribution is 5.77. The molecule has 1 aromatic carbocycles. The number of aryl methyl sites for hydroxylation is 1. The van der Waals surface area contributed by atoms with Gasteiger partial charge in [0.25, 0.3) is 0 Å². The Morgan fingerprint density at radius 2 is 2.25 bits per heavy atom. The smallest absolute Gasteiger partial charge is 0.408 e. The van der Waals surface area contributed by atoms with E-state index in [2.05, 4.69) is 17.0 Å². The average molecular weight is 273 g/mol. The number of benzene rings is 1. The lowest BCUT2D eigenvalue weighted by Gasteiger charge is -2.05. The van der Waals surface area contributed by atoms with Crippen molar-refractivity contribution < 1.29 is 4.42 Å². The van der Waals surface area contributed by atoms with E-state index in [0.717, 1.165) is 18.8 Å². The van der Waals surface area contributed by atoms with Crippen LogP contribution in [0.1, 0.15) is 19.2 Å². The van der Waals surface area contributed by atoms with Crippen LogP contribution in [0.25, 0.3) is 11.1 Å². The highest BCUT2D eigenvalue weighted by Crippen LogP contribution is 2.17. The zero-order valence-corrected chi connectivity index (χ0v) is 11.1. The second-order valence-corrected chi connectivity index (χ2v) is 4.58. The first-order valence-corrected chi connectivity index (χ1v) is 6.44. The second kappa shape index (κ2) is 4.84. The molecule has 0 amide bonds. The van der Waals surface area contributed by atoms with Gasteiger partial charge in [-0.05, 0) is 24.6 Å². The number of hydrogen-bond donors (Lipinski definition) is 1. The van der Waals surface area contributed by atoms with Gasteiger partial charge in [0.05, 0.1) is 12.1 Å². The molecule has 0 atom stereocenters. The number of nitrogen functional groups attached to an aromatic ring is 1. The third-order valence-electron chi connectivity index (χ3n) is 3.12. The van der Waals surface area contributed by atoms with Crippen LogP contribution >= 0.6 is 0 Å². The summed E-state index contributed by atoms with van der Waals surface area (Å²) in [7, 11) is 0. The molecular formula is C13H15N5O2. The van der Waals surface area contributed by atoms with Gasteiger partial charge in [-0.15, -0.1) is 0 Å². The van der Waals surface area contributed by atoms with E-state index in [-0.39, 0.29) is 0 Å². The number of oxazole rings is 1. The van der Waals surface area contributed by atoms with Gasteiger partial charge in [0, 0.05) is 12.2 Å². The summed E-state index contributed by atoms with van der Waals surface area (Å²) >= 11 is 0. The Morgan fingerprint density at radius 1 is 1.40 bits per heavy atom. The summed E-state index contributed by atoms with van der Waals surface area (Å²) < 4.78 is 8.50. The molecule has 0 aliphatic rings. The van der Waals surface area contributed by atoms with Crippen LogP contribution in [0.4, 0.5) is 5.69 Å². The monoisotopic (exact) mass is 273 g/mol. The molecule has 0 aliphatic carbocycles. The van der Waals surface area contributed by atoms with Crippen LogP contribution in [0, 0.1) is 0 Å². The molecule has 0 saturated carbocycles. The van der Waals surface area contributed by atoms with E-state index in [1.54, 1.807) is 22.9 Å². The van der Waals surface area contributed by atoms with Gasteiger partial charge < -0.3 is 10.2 Å². The Balaban J connectivity index is 2.06. The van der Waals surface area contributed by atoms with Crippen molar-refractivity contribution in [3.8, 4) is 0 Å². The summed E-state index contributed by atoms with van der Waals surface area (Å²) in [6, 6.07) is 5.12. The molecule has 20 heavy (non-hydrogen) atoms. The molecule has 0 fully saturated rings. The zero-order valence-electron chi connectivity index (χ0n) is 11.1. The summed E-state index contributed by atoms with van der Waals surface area (Å²) in [4.78, 5) is 16.1. The molecule has 2 aromatic heterocycles. The van der Waals surface area contributed by atoms with E-state index < -0.39 is 5.76 Å². The van der Waals surface area contributed by atoms with Gasteiger partial charge in [-0.1, -0.05) is 6.92 Å². The number of nitrogens with zero attached hydrogens (tertiary/aromatic N) is 4. The molecule has 2 N–H and O–H groups in total. The van der Waals surface area contributed by atoms with Crippen LogP contribution in [-0.4, -0.2) is 19.3 Å². The predicted molar refractivity (Wildman–Crippen MR) is 74.3 cm³/mol. The molecule has 2 heterocycles. The molecule has 7 heteroatoms. The minimum atomic E-state index is -0.420. The largest absolute Gasteiger partial charge is 0.420 e. The van der Waals surface area contributed by atoms with Crippen molar-refractivity contribution in [3.05, 3.63) is 40.9 Å². The molecule has 7 nitrogen and oxygen atoms in total. The molecule has 104 valence electrons. The molecule has 3 aromatic rings. The Bertz CT molecular complexity index is 799. The van der Waals surface area contributed by atoms with Gasteiger partial charge in [0.15, 0.2) is 5.58 Å². The number of rotatable bonds is 4. The van der Waals surface area contributed by atoms with Gasteiger partial charge >= 0.3 is 5.76 Å². The van der Waals surface area contributed by atoms with Crippen LogP contribution in [0.5, 0.6) is 0 Å². The van der Waals surface area contributed by atoms with Crippen molar-refractivity contribution in [2.45, 2.75) is 26.4 Å². The molecule has 0 radical (unpaired) electrons. The lowest BCUT2D eigenvalue weighted by atomic mass is 10.3. The lowest BCUT2D eigenvalue weighted by Crippen LogP contribution is -2.18. The van der Waals surface area contributed by atoms with Gasteiger partial charge in [-0.3, -0.25) is 4.57 Å². The number of nitrogens with two attached hydrogens (primary N) is 1. The number of aromatic nitrogens is 4. The van der Waals surface area contributed by atoms with E-state index in [4.69, 9.17) is 10.2 Å². The summed E-state index contributed by atoms with van der Waals surface area (Å²) in [6.45, 7) is 3.14. The Morgan fingerprint density at radius 3 is 3.05 bits per heavy atom. The van der Waals surface area contributed by atoms with E-state index in [0.29, 0.717) is 23.3 Å². The second-order valence-electron chi connectivity index (χ2n) is 4.58. The van der Waals surface area contributed by atoms with Crippen LogP contribution in [0.2, 0.25) is 0 Å². The van der Waals surface area contributed by atoms with Crippen LogP contribution < -0.4 is 11.5 Å². The van der Waals surface area contributed by atoms with Gasteiger partial charge in [0.1, 0.15) is 12.2 Å². The molecule has 0 unspecified atom stereocenters. The molecule has 0 bridgehead atoms. The molecule has 0 saturated heterocycles.